The van der Waals surface area contributed by atoms with Crippen molar-refractivity contribution in [3.05, 3.63) is 35.9 Å². The maximum atomic E-state index is 12.5. The van der Waals surface area contributed by atoms with Crippen molar-refractivity contribution < 1.29 is 28.8 Å². The quantitative estimate of drug-likeness (QED) is 0.885. The number of aliphatic hydroxyl groups excluding tert-OH is 1. The molecule has 7 nitrogen and oxygen atoms in total. The summed E-state index contributed by atoms with van der Waals surface area (Å²) >= 11 is 0. The average Bonchev–Trinajstić information content (AvgIpc) is 3.28. The van der Waals surface area contributed by atoms with Crippen molar-refractivity contribution in [3.63, 3.8) is 0 Å². The molecule has 3 aliphatic heterocycles. The summed E-state index contributed by atoms with van der Waals surface area (Å²) in [4.78, 5) is 14.2. The van der Waals surface area contributed by atoms with Gasteiger partial charge < -0.3 is 29.0 Å². The number of hydrogen-bond acceptors (Lipinski definition) is 6. The van der Waals surface area contributed by atoms with E-state index in [-0.39, 0.29) is 18.7 Å². The van der Waals surface area contributed by atoms with Gasteiger partial charge in [-0.1, -0.05) is 30.3 Å². The van der Waals surface area contributed by atoms with Gasteiger partial charge in [-0.2, -0.15) is 0 Å². The van der Waals surface area contributed by atoms with Crippen molar-refractivity contribution in [3.8, 4) is 0 Å². The van der Waals surface area contributed by atoms with E-state index in [4.69, 9.17) is 18.9 Å². The van der Waals surface area contributed by atoms with Gasteiger partial charge in [0, 0.05) is 6.54 Å². The van der Waals surface area contributed by atoms with Crippen molar-refractivity contribution in [2.75, 3.05) is 6.54 Å². The summed E-state index contributed by atoms with van der Waals surface area (Å²) in [6.45, 7) is 4.40. The monoisotopic (exact) mass is 363 g/mol. The summed E-state index contributed by atoms with van der Waals surface area (Å²) in [6.07, 6.45) is -1.29. The van der Waals surface area contributed by atoms with E-state index in [9.17, 15) is 9.90 Å². The van der Waals surface area contributed by atoms with E-state index in [0.717, 1.165) is 18.4 Å². The van der Waals surface area contributed by atoms with Gasteiger partial charge in [-0.3, -0.25) is 0 Å². The zero-order valence-corrected chi connectivity index (χ0v) is 15.0. The molecule has 3 saturated heterocycles. The first kappa shape index (κ1) is 17.7. The maximum absolute atomic E-state index is 12.5. The molecule has 0 aliphatic carbocycles. The lowest BCUT2D eigenvalue weighted by atomic mass is 10.0. The van der Waals surface area contributed by atoms with Crippen molar-refractivity contribution in [2.45, 2.75) is 69.7 Å². The molecule has 26 heavy (non-hydrogen) atoms. The van der Waals surface area contributed by atoms with Gasteiger partial charge >= 0.3 is 6.09 Å². The smallest absolute Gasteiger partial charge is 0.410 e. The number of carbonyl (C=O) groups is 1. The molecule has 0 radical (unpaired) electrons. The molecule has 142 valence electrons. The molecule has 1 N–H and O–H groups in total. The Bertz CT molecular complexity index is 651. The highest BCUT2D eigenvalue weighted by atomic mass is 16.8. The molecule has 3 fully saturated rings. The largest absolute Gasteiger partial charge is 0.445 e. The highest BCUT2D eigenvalue weighted by molar-refractivity contribution is 5.68. The minimum atomic E-state index is -0.839. The van der Waals surface area contributed by atoms with E-state index in [2.05, 4.69) is 0 Å². The molecule has 1 amide bonds. The lowest BCUT2D eigenvalue weighted by Gasteiger charge is -2.31. The van der Waals surface area contributed by atoms with Gasteiger partial charge in [0.1, 0.15) is 24.9 Å². The number of amides is 1. The third-order valence-electron chi connectivity index (χ3n) is 5.17. The minimum Gasteiger partial charge on any atom is -0.445 e. The molecule has 0 saturated carbocycles. The Hall–Kier alpha value is -1.67. The molecule has 3 heterocycles. The summed E-state index contributed by atoms with van der Waals surface area (Å²) in [5.74, 6) is -0.773. The fourth-order valence-electron chi connectivity index (χ4n) is 4.00. The second kappa shape index (κ2) is 6.81. The Morgan fingerprint density at radius 1 is 1.27 bits per heavy atom. The first-order valence-electron chi connectivity index (χ1n) is 9.11. The number of fused-ring (bicyclic) bond motifs is 1. The van der Waals surface area contributed by atoms with Gasteiger partial charge in [-0.25, -0.2) is 4.79 Å². The van der Waals surface area contributed by atoms with Crippen LogP contribution in [0.3, 0.4) is 0 Å². The second-order valence-electron chi connectivity index (χ2n) is 7.50. The van der Waals surface area contributed by atoms with Gasteiger partial charge in [0.2, 0.25) is 0 Å². The number of carbonyl (C=O) groups excluding carboxylic acids is 1. The molecule has 4 rings (SSSR count). The Morgan fingerprint density at radius 3 is 2.77 bits per heavy atom. The Kier molecular flexibility index (Phi) is 4.64. The summed E-state index contributed by atoms with van der Waals surface area (Å²) in [5, 5.41) is 10.7. The molecule has 0 unspecified atom stereocenters. The maximum Gasteiger partial charge on any atom is 0.410 e. The lowest BCUT2D eigenvalue weighted by Crippen LogP contribution is -2.48. The van der Waals surface area contributed by atoms with E-state index in [1.54, 1.807) is 18.7 Å². The van der Waals surface area contributed by atoms with Gasteiger partial charge in [0.15, 0.2) is 12.1 Å². The third-order valence-corrected chi connectivity index (χ3v) is 5.17. The van der Waals surface area contributed by atoms with Gasteiger partial charge in [0.05, 0.1) is 6.04 Å². The molecular formula is C19H25NO6. The van der Waals surface area contributed by atoms with Crippen LogP contribution in [0.25, 0.3) is 0 Å². The molecule has 1 aromatic rings. The molecule has 7 heteroatoms. The second-order valence-corrected chi connectivity index (χ2v) is 7.50. The number of aliphatic hydroxyl groups is 1. The van der Waals surface area contributed by atoms with Crippen molar-refractivity contribution in [2.24, 2.45) is 0 Å². The molecule has 0 aromatic heterocycles. The van der Waals surface area contributed by atoms with Crippen molar-refractivity contribution >= 4 is 6.09 Å². The van der Waals surface area contributed by atoms with E-state index in [1.807, 2.05) is 30.3 Å². The third kappa shape index (κ3) is 3.32. The van der Waals surface area contributed by atoms with Crippen molar-refractivity contribution in [1.82, 2.24) is 4.90 Å². The van der Waals surface area contributed by atoms with E-state index in [0.29, 0.717) is 6.54 Å². The number of benzene rings is 1. The number of rotatable bonds is 3. The van der Waals surface area contributed by atoms with Crippen LogP contribution in [0.5, 0.6) is 0 Å². The van der Waals surface area contributed by atoms with Crippen LogP contribution in [0.2, 0.25) is 0 Å². The number of hydrogen-bond donors (Lipinski definition) is 1. The first-order chi connectivity index (χ1) is 12.4. The number of likely N-dealkylation sites (tertiary alicyclic amines) is 1. The number of nitrogens with zero attached hydrogens (tertiary/aromatic N) is 1. The van der Waals surface area contributed by atoms with Crippen LogP contribution in [-0.2, 0) is 25.6 Å². The Morgan fingerprint density at radius 2 is 2.04 bits per heavy atom. The van der Waals surface area contributed by atoms with Crippen LogP contribution < -0.4 is 0 Å². The zero-order chi connectivity index (χ0) is 18.3. The molecule has 3 aliphatic rings. The summed E-state index contributed by atoms with van der Waals surface area (Å²) < 4.78 is 22.8. The van der Waals surface area contributed by atoms with Crippen LogP contribution in [0.4, 0.5) is 4.79 Å². The predicted molar refractivity (Wildman–Crippen MR) is 91.1 cm³/mol. The standard InChI is InChI=1S/C19H25NO6/c1-19(2)25-16-14(21)15(24-17(16)26-19)13-9-6-10-20(13)18(22)23-11-12-7-4-3-5-8-12/h3-5,7-8,13-17,21H,6,9-11H2,1-2H3/t13-,14-,15+,16+,17+/m0/s1. The summed E-state index contributed by atoms with van der Waals surface area (Å²) in [5.41, 5.74) is 0.937. The van der Waals surface area contributed by atoms with Crippen LogP contribution in [0, 0.1) is 0 Å². The average molecular weight is 363 g/mol. The molecular weight excluding hydrogens is 338 g/mol. The van der Waals surface area contributed by atoms with Crippen LogP contribution in [0.15, 0.2) is 30.3 Å². The van der Waals surface area contributed by atoms with Gasteiger partial charge in [0.25, 0.3) is 0 Å². The normalized spacial score (nSPS) is 35.5. The molecule has 0 bridgehead atoms. The van der Waals surface area contributed by atoms with E-state index >= 15 is 0 Å². The molecule has 1 aromatic carbocycles. The lowest BCUT2D eigenvalue weighted by molar-refractivity contribution is -0.220. The van der Waals surface area contributed by atoms with Crippen LogP contribution >= 0.6 is 0 Å². The Balaban J connectivity index is 1.39. The highest BCUT2D eigenvalue weighted by Gasteiger charge is 2.57. The van der Waals surface area contributed by atoms with Crippen LogP contribution in [0.1, 0.15) is 32.3 Å². The van der Waals surface area contributed by atoms with Gasteiger partial charge in [-0.15, -0.1) is 0 Å². The fraction of sp³-hybridized carbons (Fsp3) is 0.632. The topological polar surface area (TPSA) is 77.5 Å². The van der Waals surface area contributed by atoms with Gasteiger partial charge in [-0.05, 0) is 32.3 Å². The molecule has 5 atom stereocenters. The summed E-state index contributed by atoms with van der Waals surface area (Å²) in [7, 11) is 0. The molecule has 0 spiro atoms. The van der Waals surface area contributed by atoms with E-state index < -0.39 is 30.4 Å². The predicted octanol–water partition coefficient (Wildman–Crippen LogP) is 2.02. The fourth-order valence-corrected chi connectivity index (χ4v) is 4.00. The number of ether oxygens (including phenoxy) is 4. The van der Waals surface area contributed by atoms with Crippen LogP contribution in [-0.4, -0.2) is 59.1 Å². The SMILES string of the molecule is CC1(C)O[C@H]2O[C@H]([C@@H]3CCCN3C(=O)OCc3ccccc3)[C@H](O)[C@H]2O1. The van der Waals surface area contributed by atoms with E-state index in [1.165, 1.54) is 0 Å². The van der Waals surface area contributed by atoms with Crippen molar-refractivity contribution in [1.29, 1.82) is 0 Å². The first-order valence-corrected chi connectivity index (χ1v) is 9.11. The summed E-state index contributed by atoms with van der Waals surface area (Å²) in [6, 6.07) is 9.32. The minimum absolute atomic E-state index is 0.225. The highest BCUT2D eigenvalue weighted by Crippen LogP contribution is 2.40. The Labute approximate surface area is 152 Å². The zero-order valence-electron chi connectivity index (χ0n) is 15.0.